The van der Waals surface area contributed by atoms with Crippen LogP contribution < -0.4 is 10.6 Å². The predicted molar refractivity (Wildman–Crippen MR) is 109 cm³/mol. The van der Waals surface area contributed by atoms with Crippen molar-refractivity contribution in [3.8, 4) is 0 Å². The molecule has 0 fully saturated rings. The highest BCUT2D eigenvalue weighted by molar-refractivity contribution is 7.89. The molecule has 0 saturated heterocycles. The van der Waals surface area contributed by atoms with Crippen molar-refractivity contribution in [1.29, 1.82) is 0 Å². The first-order chi connectivity index (χ1) is 13.9. The van der Waals surface area contributed by atoms with Crippen LogP contribution in [-0.4, -0.2) is 19.4 Å². The first-order valence-corrected chi connectivity index (χ1v) is 10.7. The van der Waals surface area contributed by atoms with Crippen LogP contribution in [0.3, 0.4) is 0 Å². The van der Waals surface area contributed by atoms with Crippen LogP contribution in [0.1, 0.15) is 16.7 Å². The normalized spacial score (nSPS) is 11.1. The molecular weight excluding hydrogens is 393 g/mol. The number of anilines is 1. The van der Waals surface area contributed by atoms with Crippen molar-refractivity contribution in [2.45, 2.75) is 18.1 Å². The molecule has 29 heavy (non-hydrogen) atoms. The fourth-order valence-electron chi connectivity index (χ4n) is 2.73. The second kappa shape index (κ2) is 9.29. The minimum Gasteiger partial charge on any atom is -0.334 e. The van der Waals surface area contributed by atoms with Gasteiger partial charge in [-0.2, -0.15) is 0 Å². The zero-order valence-electron chi connectivity index (χ0n) is 15.5. The minimum absolute atomic E-state index is 0.169. The highest BCUT2D eigenvalue weighted by Crippen LogP contribution is 2.16. The zero-order valence-corrected chi connectivity index (χ0v) is 16.3. The Morgan fingerprint density at radius 3 is 2.28 bits per heavy atom. The number of aromatic nitrogens is 1. The monoisotopic (exact) mass is 413 g/mol. The van der Waals surface area contributed by atoms with Crippen LogP contribution in [0.2, 0.25) is 0 Å². The summed E-state index contributed by atoms with van der Waals surface area (Å²) in [7, 11) is -3.45. The van der Waals surface area contributed by atoms with Crippen molar-refractivity contribution in [1.82, 2.24) is 10.3 Å². The molecule has 150 valence electrons. The van der Waals surface area contributed by atoms with Crippen LogP contribution in [0, 0.1) is 5.82 Å². The first-order valence-electron chi connectivity index (χ1n) is 8.87. The van der Waals surface area contributed by atoms with Gasteiger partial charge in [0.25, 0.3) is 0 Å². The van der Waals surface area contributed by atoms with Crippen molar-refractivity contribution in [3.05, 3.63) is 95.6 Å². The fraction of sp³-hybridized carbons (Fsp3) is 0.143. The summed E-state index contributed by atoms with van der Waals surface area (Å²) in [5, 5.41) is 5.42. The Hall–Kier alpha value is -3.26. The van der Waals surface area contributed by atoms with E-state index in [1.54, 1.807) is 54.9 Å². The Bertz CT molecular complexity index is 1070. The lowest BCUT2D eigenvalue weighted by Crippen LogP contribution is -2.28. The van der Waals surface area contributed by atoms with Crippen LogP contribution in [0.5, 0.6) is 0 Å². The molecule has 1 aromatic heterocycles. The van der Waals surface area contributed by atoms with Gasteiger partial charge < -0.3 is 10.6 Å². The predicted octanol–water partition coefficient (Wildman–Crippen LogP) is 3.66. The summed E-state index contributed by atoms with van der Waals surface area (Å²) in [4.78, 5) is 15.9. The van der Waals surface area contributed by atoms with E-state index in [0.29, 0.717) is 23.4 Å². The first kappa shape index (κ1) is 20.5. The van der Waals surface area contributed by atoms with Gasteiger partial charge in [-0.05, 0) is 53.1 Å². The third kappa shape index (κ3) is 6.69. The van der Waals surface area contributed by atoms with E-state index < -0.39 is 15.7 Å². The Morgan fingerprint density at radius 2 is 1.59 bits per heavy atom. The van der Waals surface area contributed by atoms with E-state index in [-0.39, 0.29) is 17.5 Å². The lowest BCUT2D eigenvalue weighted by Gasteiger charge is -2.09. The third-order valence-corrected chi connectivity index (χ3v) is 5.62. The Balaban J connectivity index is 1.53. The van der Waals surface area contributed by atoms with E-state index in [1.165, 1.54) is 18.2 Å². The van der Waals surface area contributed by atoms with E-state index in [4.69, 9.17) is 0 Å². The number of carbonyl (C=O) groups is 1. The van der Waals surface area contributed by atoms with Crippen molar-refractivity contribution in [3.63, 3.8) is 0 Å². The fourth-order valence-corrected chi connectivity index (χ4v) is 4.22. The number of benzene rings is 2. The number of rotatable bonds is 7. The molecule has 0 spiro atoms. The number of hydrogen-bond donors (Lipinski definition) is 2. The number of halogens is 1. The Kier molecular flexibility index (Phi) is 6.56. The number of hydrogen-bond acceptors (Lipinski definition) is 4. The summed E-state index contributed by atoms with van der Waals surface area (Å²) in [5.74, 6) is -0.865. The van der Waals surface area contributed by atoms with E-state index in [0.717, 1.165) is 5.56 Å². The zero-order chi connectivity index (χ0) is 20.7. The number of pyridine rings is 1. The molecule has 0 radical (unpaired) electrons. The van der Waals surface area contributed by atoms with Gasteiger partial charge in [0.2, 0.25) is 0 Å². The Morgan fingerprint density at radius 1 is 0.897 bits per heavy atom. The highest BCUT2D eigenvalue weighted by atomic mass is 32.2. The van der Waals surface area contributed by atoms with Gasteiger partial charge >= 0.3 is 6.03 Å². The summed E-state index contributed by atoms with van der Waals surface area (Å²) in [5.41, 5.74) is 2.47. The molecule has 8 heteroatoms. The standard InChI is InChI=1S/C21H20FN3O3S/c22-19-3-1-2-18(12-19)15-29(27,28)14-17-4-6-20(7-5-17)25-21(26)24-13-16-8-10-23-11-9-16/h1-12H,13-15H2,(H2,24,25,26). The number of sulfone groups is 1. The number of carbonyl (C=O) groups excluding carboxylic acids is 1. The van der Waals surface area contributed by atoms with Crippen LogP contribution in [0.25, 0.3) is 0 Å². The molecule has 0 bridgehead atoms. The van der Waals surface area contributed by atoms with Crippen molar-refractivity contribution in [2.75, 3.05) is 5.32 Å². The van der Waals surface area contributed by atoms with Gasteiger partial charge in [0.15, 0.2) is 9.84 Å². The summed E-state index contributed by atoms with van der Waals surface area (Å²) < 4.78 is 37.9. The van der Waals surface area contributed by atoms with E-state index in [9.17, 15) is 17.6 Å². The van der Waals surface area contributed by atoms with Gasteiger partial charge in [-0.3, -0.25) is 4.98 Å². The van der Waals surface area contributed by atoms with Crippen molar-refractivity contribution >= 4 is 21.6 Å². The molecule has 0 aliphatic heterocycles. The molecule has 6 nitrogen and oxygen atoms in total. The Labute approximate surface area is 168 Å². The van der Waals surface area contributed by atoms with Gasteiger partial charge in [-0.15, -0.1) is 0 Å². The molecule has 0 unspecified atom stereocenters. The van der Waals surface area contributed by atoms with Crippen LogP contribution in [0.15, 0.2) is 73.1 Å². The van der Waals surface area contributed by atoms with Gasteiger partial charge in [-0.1, -0.05) is 24.3 Å². The number of urea groups is 1. The second-order valence-electron chi connectivity index (χ2n) is 6.52. The number of nitrogens with one attached hydrogen (secondary N) is 2. The van der Waals surface area contributed by atoms with E-state index in [1.807, 2.05) is 0 Å². The van der Waals surface area contributed by atoms with E-state index in [2.05, 4.69) is 15.6 Å². The summed E-state index contributed by atoms with van der Waals surface area (Å²) in [6.07, 6.45) is 3.30. The number of amides is 2. The summed E-state index contributed by atoms with van der Waals surface area (Å²) in [6, 6.07) is 15.4. The second-order valence-corrected chi connectivity index (χ2v) is 8.59. The average molecular weight is 413 g/mol. The summed E-state index contributed by atoms with van der Waals surface area (Å²) >= 11 is 0. The van der Waals surface area contributed by atoms with Crippen LogP contribution in [-0.2, 0) is 27.9 Å². The van der Waals surface area contributed by atoms with Crippen LogP contribution in [0.4, 0.5) is 14.9 Å². The van der Waals surface area contributed by atoms with Gasteiger partial charge in [0, 0.05) is 24.6 Å². The molecule has 0 aliphatic carbocycles. The summed E-state index contributed by atoms with van der Waals surface area (Å²) in [6.45, 7) is 0.366. The van der Waals surface area contributed by atoms with Gasteiger partial charge in [0.1, 0.15) is 5.82 Å². The maximum Gasteiger partial charge on any atom is 0.319 e. The topological polar surface area (TPSA) is 88.2 Å². The molecule has 0 saturated carbocycles. The lowest BCUT2D eigenvalue weighted by molar-refractivity contribution is 0.251. The molecule has 2 amide bonds. The lowest BCUT2D eigenvalue weighted by atomic mass is 10.2. The molecule has 1 heterocycles. The number of nitrogens with zero attached hydrogens (tertiary/aromatic N) is 1. The SMILES string of the molecule is O=C(NCc1ccncc1)Nc1ccc(CS(=O)(=O)Cc2cccc(F)c2)cc1. The minimum atomic E-state index is -3.45. The molecule has 2 aromatic carbocycles. The third-order valence-electron chi connectivity index (χ3n) is 4.08. The largest absolute Gasteiger partial charge is 0.334 e. The van der Waals surface area contributed by atoms with Gasteiger partial charge in [-0.25, -0.2) is 17.6 Å². The molecule has 3 aromatic rings. The van der Waals surface area contributed by atoms with Crippen LogP contribution >= 0.6 is 0 Å². The van der Waals surface area contributed by atoms with E-state index >= 15 is 0 Å². The van der Waals surface area contributed by atoms with Crippen molar-refractivity contribution < 1.29 is 17.6 Å². The maximum atomic E-state index is 13.2. The quantitative estimate of drug-likeness (QED) is 0.619. The van der Waals surface area contributed by atoms with Crippen molar-refractivity contribution in [2.24, 2.45) is 0 Å². The molecule has 0 aliphatic rings. The van der Waals surface area contributed by atoms with Gasteiger partial charge in [0.05, 0.1) is 11.5 Å². The highest BCUT2D eigenvalue weighted by Gasteiger charge is 2.14. The molecular formula is C21H20FN3O3S. The molecule has 3 rings (SSSR count). The average Bonchev–Trinajstić information content (AvgIpc) is 2.68. The smallest absolute Gasteiger partial charge is 0.319 e. The molecule has 0 atom stereocenters. The maximum absolute atomic E-state index is 13.2. The molecule has 2 N–H and O–H groups in total.